The van der Waals surface area contributed by atoms with Crippen molar-refractivity contribution in [3.8, 4) is 5.75 Å². The van der Waals surface area contributed by atoms with Crippen molar-refractivity contribution in [2.24, 2.45) is 0 Å². The van der Waals surface area contributed by atoms with Gasteiger partial charge in [0.15, 0.2) is 0 Å². The molecule has 0 radical (unpaired) electrons. The molecule has 1 amide bonds. The van der Waals surface area contributed by atoms with Gasteiger partial charge in [-0.3, -0.25) is 9.69 Å². The Morgan fingerprint density at radius 2 is 1.92 bits per heavy atom. The van der Waals surface area contributed by atoms with Crippen molar-refractivity contribution in [1.29, 1.82) is 0 Å². The molecule has 0 saturated heterocycles. The third kappa shape index (κ3) is 5.46. The largest absolute Gasteiger partial charge is 0.489 e. The molecule has 0 bridgehead atoms. The van der Waals surface area contributed by atoms with Crippen molar-refractivity contribution in [2.75, 3.05) is 20.7 Å². The zero-order chi connectivity index (χ0) is 18.2. The van der Waals surface area contributed by atoms with E-state index in [4.69, 9.17) is 16.3 Å². The number of benzene rings is 2. The van der Waals surface area contributed by atoms with Crippen molar-refractivity contribution in [2.45, 2.75) is 19.2 Å². The number of amides is 1. The lowest BCUT2D eigenvalue weighted by atomic mass is 10.1. The van der Waals surface area contributed by atoms with Crippen LogP contribution in [-0.2, 0) is 17.9 Å². The number of nitrogens with one attached hydrogen (secondary N) is 1. The van der Waals surface area contributed by atoms with Gasteiger partial charge in [0.1, 0.15) is 18.4 Å². The molecule has 0 aliphatic rings. The maximum absolute atomic E-state index is 11.7. The topological polar surface area (TPSA) is 61.8 Å². The monoisotopic (exact) mass is 362 g/mol. The summed E-state index contributed by atoms with van der Waals surface area (Å²) < 4.78 is 5.75. The Kier molecular flexibility index (Phi) is 7.25. The number of carbonyl (C=O) groups is 1. The highest BCUT2D eigenvalue weighted by Crippen LogP contribution is 2.19. The fourth-order valence-corrected chi connectivity index (χ4v) is 2.65. The Morgan fingerprint density at radius 3 is 2.52 bits per heavy atom. The second-order valence-corrected chi connectivity index (χ2v) is 6.16. The smallest absolute Gasteiger partial charge is 0.239 e. The summed E-state index contributed by atoms with van der Waals surface area (Å²) in [6.07, 6.45) is 0. The highest BCUT2D eigenvalue weighted by molar-refractivity contribution is 6.31. The third-order valence-corrected chi connectivity index (χ3v) is 4.33. The van der Waals surface area contributed by atoms with Crippen molar-refractivity contribution >= 4 is 17.5 Å². The number of aliphatic hydroxyl groups excluding tert-OH is 1. The lowest BCUT2D eigenvalue weighted by Crippen LogP contribution is -2.46. The van der Waals surface area contributed by atoms with Crippen molar-refractivity contribution in [1.82, 2.24) is 10.2 Å². The van der Waals surface area contributed by atoms with E-state index < -0.39 is 6.04 Å². The van der Waals surface area contributed by atoms with Crippen molar-refractivity contribution in [3.05, 3.63) is 64.7 Å². The minimum Gasteiger partial charge on any atom is -0.489 e. The van der Waals surface area contributed by atoms with E-state index in [1.54, 1.807) is 19.0 Å². The van der Waals surface area contributed by atoms with E-state index in [1.165, 1.54) is 0 Å². The minimum absolute atomic E-state index is 0.204. The second kappa shape index (κ2) is 9.42. The summed E-state index contributed by atoms with van der Waals surface area (Å²) in [6, 6.07) is 14.7. The molecule has 0 spiro atoms. The van der Waals surface area contributed by atoms with E-state index in [0.717, 1.165) is 16.9 Å². The second-order valence-electron chi connectivity index (χ2n) is 5.75. The van der Waals surface area contributed by atoms with Gasteiger partial charge in [-0.05, 0) is 30.8 Å². The van der Waals surface area contributed by atoms with Gasteiger partial charge in [0.05, 0.1) is 6.61 Å². The average molecular weight is 363 g/mol. The van der Waals surface area contributed by atoms with Gasteiger partial charge in [0, 0.05) is 24.2 Å². The van der Waals surface area contributed by atoms with Crippen LogP contribution in [0.3, 0.4) is 0 Å². The molecule has 0 heterocycles. The quantitative estimate of drug-likeness (QED) is 0.757. The zero-order valence-corrected chi connectivity index (χ0v) is 15.2. The van der Waals surface area contributed by atoms with Crippen LogP contribution in [0, 0.1) is 0 Å². The van der Waals surface area contributed by atoms with E-state index in [2.05, 4.69) is 5.32 Å². The van der Waals surface area contributed by atoms with Crippen LogP contribution < -0.4 is 10.1 Å². The molecule has 2 aromatic carbocycles. The van der Waals surface area contributed by atoms with E-state index in [1.807, 2.05) is 48.5 Å². The van der Waals surface area contributed by atoms with Crippen molar-refractivity contribution in [3.63, 3.8) is 0 Å². The first kappa shape index (κ1) is 19.2. The average Bonchev–Trinajstić information content (AvgIpc) is 2.62. The summed E-state index contributed by atoms with van der Waals surface area (Å²) in [6.45, 7) is 0.723. The Balaban J connectivity index is 1.93. The molecular formula is C19H23ClN2O3. The van der Waals surface area contributed by atoms with Crippen LogP contribution in [0.2, 0.25) is 5.02 Å². The molecule has 2 rings (SSSR count). The third-order valence-electron chi connectivity index (χ3n) is 3.96. The molecule has 134 valence electrons. The summed E-state index contributed by atoms with van der Waals surface area (Å²) in [5, 5.41) is 12.6. The normalized spacial score (nSPS) is 12.0. The lowest BCUT2D eigenvalue weighted by Gasteiger charge is -2.25. The molecule has 0 unspecified atom stereocenters. The Labute approximate surface area is 153 Å². The number of carbonyl (C=O) groups excluding carboxylic acids is 1. The van der Waals surface area contributed by atoms with Gasteiger partial charge < -0.3 is 15.2 Å². The molecule has 1 atom stereocenters. The Hall–Kier alpha value is -2.08. The Morgan fingerprint density at radius 1 is 1.24 bits per heavy atom. The predicted octanol–water partition coefficient (Wildman–Crippen LogP) is 2.46. The van der Waals surface area contributed by atoms with Crippen LogP contribution in [0.5, 0.6) is 5.75 Å². The SMILES string of the molecule is CNC(=O)[C@H](CO)N(C)Cc1ccc(OCc2ccccc2Cl)cc1. The van der Waals surface area contributed by atoms with Gasteiger partial charge in [-0.25, -0.2) is 0 Å². The minimum atomic E-state index is -0.568. The first-order valence-corrected chi connectivity index (χ1v) is 8.40. The molecule has 0 aliphatic carbocycles. The standard InChI is InChI=1S/C19H23ClN2O3/c1-21-19(24)18(12-23)22(2)11-14-7-9-16(10-8-14)25-13-15-5-3-4-6-17(15)20/h3-10,18,23H,11-13H2,1-2H3,(H,21,24)/t18-/m0/s1. The maximum Gasteiger partial charge on any atom is 0.239 e. The van der Waals surface area contributed by atoms with E-state index >= 15 is 0 Å². The van der Waals surface area contributed by atoms with E-state index in [9.17, 15) is 9.90 Å². The molecule has 2 N–H and O–H groups in total. The lowest BCUT2D eigenvalue weighted by molar-refractivity contribution is -0.127. The van der Waals surface area contributed by atoms with Crippen molar-refractivity contribution < 1.29 is 14.6 Å². The van der Waals surface area contributed by atoms with Gasteiger partial charge in [-0.15, -0.1) is 0 Å². The number of hydrogen-bond acceptors (Lipinski definition) is 4. The van der Waals surface area contributed by atoms with Crippen LogP contribution >= 0.6 is 11.6 Å². The summed E-state index contributed by atoms with van der Waals surface area (Å²) in [4.78, 5) is 13.5. The zero-order valence-electron chi connectivity index (χ0n) is 14.4. The molecular weight excluding hydrogens is 340 g/mol. The molecule has 0 fully saturated rings. The highest BCUT2D eigenvalue weighted by Gasteiger charge is 2.21. The van der Waals surface area contributed by atoms with Gasteiger partial charge in [-0.1, -0.05) is 41.9 Å². The molecule has 6 heteroatoms. The Bertz CT molecular complexity index is 691. The molecule has 2 aromatic rings. The number of hydrogen-bond donors (Lipinski definition) is 2. The highest BCUT2D eigenvalue weighted by atomic mass is 35.5. The van der Waals surface area contributed by atoms with Gasteiger partial charge >= 0.3 is 0 Å². The van der Waals surface area contributed by atoms with Gasteiger partial charge in [-0.2, -0.15) is 0 Å². The van der Waals surface area contributed by atoms with Gasteiger partial charge in [0.2, 0.25) is 5.91 Å². The van der Waals surface area contributed by atoms with Gasteiger partial charge in [0.25, 0.3) is 0 Å². The number of ether oxygens (including phenoxy) is 1. The molecule has 0 aromatic heterocycles. The predicted molar refractivity (Wildman–Crippen MR) is 98.6 cm³/mol. The number of nitrogens with zero attached hydrogens (tertiary/aromatic N) is 1. The number of likely N-dealkylation sites (N-methyl/N-ethyl adjacent to an activating group) is 2. The van der Waals surface area contributed by atoms with Crippen LogP contribution in [-0.4, -0.2) is 42.7 Å². The first-order chi connectivity index (χ1) is 12.0. The maximum atomic E-state index is 11.7. The molecule has 5 nitrogen and oxygen atoms in total. The van der Waals surface area contributed by atoms with Crippen LogP contribution in [0.1, 0.15) is 11.1 Å². The molecule has 25 heavy (non-hydrogen) atoms. The molecule has 0 aliphatic heterocycles. The number of halogens is 1. The van der Waals surface area contributed by atoms with E-state index in [0.29, 0.717) is 18.2 Å². The fourth-order valence-electron chi connectivity index (χ4n) is 2.45. The van der Waals surface area contributed by atoms with Crippen LogP contribution in [0.4, 0.5) is 0 Å². The van der Waals surface area contributed by atoms with Crippen LogP contribution in [0.15, 0.2) is 48.5 Å². The molecule has 0 saturated carbocycles. The summed E-state index contributed by atoms with van der Waals surface area (Å²) in [5.41, 5.74) is 1.96. The number of rotatable bonds is 8. The van der Waals surface area contributed by atoms with Crippen LogP contribution in [0.25, 0.3) is 0 Å². The summed E-state index contributed by atoms with van der Waals surface area (Å²) in [5.74, 6) is 0.543. The number of aliphatic hydroxyl groups is 1. The summed E-state index contributed by atoms with van der Waals surface area (Å²) in [7, 11) is 3.36. The van der Waals surface area contributed by atoms with E-state index in [-0.39, 0.29) is 12.5 Å². The summed E-state index contributed by atoms with van der Waals surface area (Å²) >= 11 is 6.12. The first-order valence-electron chi connectivity index (χ1n) is 8.03. The fraction of sp³-hybridized carbons (Fsp3) is 0.316.